The van der Waals surface area contributed by atoms with E-state index in [-0.39, 0.29) is 3.57 Å². The summed E-state index contributed by atoms with van der Waals surface area (Å²) in [5.41, 5.74) is -1.25. The highest BCUT2D eigenvalue weighted by Gasteiger charge is 2.36. The van der Waals surface area contributed by atoms with Gasteiger partial charge in [0.05, 0.1) is 10.5 Å². The van der Waals surface area contributed by atoms with Gasteiger partial charge < -0.3 is 0 Å². The molecule has 0 spiro atoms. The van der Waals surface area contributed by atoms with Gasteiger partial charge in [0.2, 0.25) is 0 Å². The van der Waals surface area contributed by atoms with Crippen molar-refractivity contribution < 1.29 is 21.6 Å². The quantitative estimate of drug-likeness (QED) is 0.562. The van der Waals surface area contributed by atoms with Crippen LogP contribution in [-0.4, -0.2) is 8.42 Å². The lowest BCUT2D eigenvalue weighted by Crippen LogP contribution is -2.10. The van der Waals surface area contributed by atoms with Crippen LogP contribution in [0.4, 0.5) is 13.2 Å². The molecule has 0 unspecified atom stereocenters. The zero-order valence-corrected chi connectivity index (χ0v) is 10.6. The van der Waals surface area contributed by atoms with Crippen LogP contribution >= 0.6 is 33.3 Å². The Morgan fingerprint density at radius 3 is 2.20 bits per heavy atom. The second-order valence-corrected chi connectivity index (χ2v) is 6.36. The summed E-state index contributed by atoms with van der Waals surface area (Å²) >= 11 is 1.65. The summed E-state index contributed by atoms with van der Waals surface area (Å²) in [7, 11) is 0.507. The lowest BCUT2D eigenvalue weighted by Gasteiger charge is -2.10. The Balaban J connectivity index is 3.55. The fourth-order valence-corrected chi connectivity index (χ4v) is 2.50. The van der Waals surface area contributed by atoms with E-state index in [1.54, 1.807) is 22.6 Å². The van der Waals surface area contributed by atoms with E-state index in [4.69, 9.17) is 10.7 Å². The first kappa shape index (κ1) is 13.0. The van der Waals surface area contributed by atoms with Gasteiger partial charge in [0, 0.05) is 14.3 Å². The summed E-state index contributed by atoms with van der Waals surface area (Å²) in [5, 5.41) is 0. The number of halogens is 5. The summed E-state index contributed by atoms with van der Waals surface area (Å²) in [6.45, 7) is 0. The van der Waals surface area contributed by atoms with E-state index in [9.17, 15) is 21.6 Å². The van der Waals surface area contributed by atoms with E-state index in [2.05, 4.69) is 0 Å². The highest BCUT2D eigenvalue weighted by atomic mass is 127. The maximum atomic E-state index is 12.4. The molecule has 0 atom stereocenters. The van der Waals surface area contributed by atoms with E-state index >= 15 is 0 Å². The molecule has 0 amide bonds. The molecule has 0 heterocycles. The number of alkyl halides is 3. The maximum Gasteiger partial charge on any atom is 0.417 e. The summed E-state index contributed by atoms with van der Waals surface area (Å²) < 4.78 is 59.3. The first-order valence-electron chi connectivity index (χ1n) is 3.44. The molecule has 1 aromatic carbocycles. The Bertz CT molecular complexity index is 483. The Labute approximate surface area is 102 Å². The van der Waals surface area contributed by atoms with Crippen molar-refractivity contribution in [2.45, 2.75) is 11.1 Å². The van der Waals surface area contributed by atoms with Crippen LogP contribution in [0.15, 0.2) is 23.1 Å². The molecule has 0 aliphatic heterocycles. The number of benzene rings is 1. The van der Waals surface area contributed by atoms with E-state index < -0.39 is 25.7 Å². The standard InChI is InChI=1S/C7H3ClF3IO2S/c8-15(13,14)6-2-1-4(12)3-5(6)7(9,10)11/h1-3H. The van der Waals surface area contributed by atoms with Gasteiger partial charge in [-0.1, -0.05) is 0 Å². The molecule has 0 aliphatic carbocycles. The van der Waals surface area contributed by atoms with Gasteiger partial charge in [-0.25, -0.2) is 8.42 Å². The van der Waals surface area contributed by atoms with Crippen molar-refractivity contribution in [2.75, 3.05) is 0 Å². The molecule has 0 saturated heterocycles. The Morgan fingerprint density at radius 2 is 1.80 bits per heavy atom. The molecule has 1 rings (SSSR count). The molecule has 84 valence electrons. The molecule has 0 aromatic heterocycles. The fourth-order valence-electron chi connectivity index (χ4n) is 0.936. The minimum absolute atomic E-state index is 0.281. The molecule has 0 saturated carbocycles. The molecule has 0 fully saturated rings. The van der Waals surface area contributed by atoms with Gasteiger partial charge in [-0.2, -0.15) is 13.2 Å². The van der Waals surface area contributed by atoms with Crippen molar-refractivity contribution in [3.63, 3.8) is 0 Å². The summed E-state index contributed by atoms with van der Waals surface area (Å²) in [6, 6.07) is 2.81. The van der Waals surface area contributed by atoms with Gasteiger partial charge in [-0.3, -0.25) is 0 Å². The molecule has 1 aromatic rings. The fraction of sp³-hybridized carbons (Fsp3) is 0.143. The van der Waals surface area contributed by atoms with Crippen LogP contribution in [0.25, 0.3) is 0 Å². The van der Waals surface area contributed by atoms with Crippen molar-refractivity contribution in [1.29, 1.82) is 0 Å². The highest BCUT2D eigenvalue weighted by Crippen LogP contribution is 2.36. The SMILES string of the molecule is O=S(=O)(Cl)c1ccc(I)cc1C(F)(F)F. The Hall–Kier alpha value is -0.0200. The third kappa shape index (κ3) is 3.22. The first-order chi connectivity index (χ1) is 6.62. The largest absolute Gasteiger partial charge is 0.417 e. The zero-order chi connectivity index (χ0) is 11.9. The third-order valence-electron chi connectivity index (χ3n) is 1.51. The molecule has 2 nitrogen and oxygen atoms in total. The van der Waals surface area contributed by atoms with Crippen molar-refractivity contribution >= 4 is 42.3 Å². The van der Waals surface area contributed by atoms with Crippen LogP contribution in [0.2, 0.25) is 0 Å². The first-order valence-corrected chi connectivity index (χ1v) is 6.82. The van der Waals surface area contributed by atoms with E-state index in [0.717, 1.165) is 12.1 Å². The van der Waals surface area contributed by atoms with Gasteiger partial charge in [0.25, 0.3) is 9.05 Å². The van der Waals surface area contributed by atoms with Gasteiger partial charge in [-0.15, -0.1) is 0 Å². The van der Waals surface area contributed by atoms with Crippen molar-refractivity contribution in [2.24, 2.45) is 0 Å². The third-order valence-corrected chi connectivity index (χ3v) is 3.56. The molecule has 15 heavy (non-hydrogen) atoms. The van der Waals surface area contributed by atoms with Crippen LogP contribution in [0.1, 0.15) is 5.56 Å². The summed E-state index contributed by atoms with van der Waals surface area (Å²) in [4.78, 5) is -0.919. The monoisotopic (exact) mass is 370 g/mol. The van der Waals surface area contributed by atoms with Gasteiger partial charge >= 0.3 is 6.18 Å². The normalized spacial score (nSPS) is 12.9. The summed E-state index contributed by atoms with van der Waals surface area (Å²) in [6.07, 6.45) is -4.74. The molecule has 0 radical (unpaired) electrons. The van der Waals surface area contributed by atoms with Gasteiger partial charge in [-0.05, 0) is 40.8 Å². The number of rotatable bonds is 1. The molecular formula is C7H3ClF3IO2S. The summed E-state index contributed by atoms with van der Waals surface area (Å²) in [5.74, 6) is 0. The van der Waals surface area contributed by atoms with Crippen LogP contribution < -0.4 is 0 Å². The minimum atomic E-state index is -4.74. The topological polar surface area (TPSA) is 34.1 Å². The second kappa shape index (κ2) is 4.10. The van der Waals surface area contributed by atoms with Gasteiger partial charge in [0.15, 0.2) is 0 Å². The molecule has 0 N–H and O–H groups in total. The van der Waals surface area contributed by atoms with Crippen molar-refractivity contribution in [1.82, 2.24) is 0 Å². The highest BCUT2D eigenvalue weighted by molar-refractivity contribution is 14.1. The average Bonchev–Trinajstić information content (AvgIpc) is 2.00. The predicted octanol–water partition coefficient (Wildman–Crippen LogP) is 3.24. The van der Waals surface area contributed by atoms with Crippen LogP contribution in [-0.2, 0) is 15.2 Å². The zero-order valence-electron chi connectivity index (χ0n) is 6.85. The lowest BCUT2D eigenvalue weighted by atomic mass is 10.2. The maximum absolute atomic E-state index is 12.4. The number of hydrogen-bond donors (Lipinski definition) is 0. The van der Waals surface area contributed by atoms with E-state index in [0.29, 0.717) is 0 Å². The van der Waals surface area contributed by atoms with Crippen LogP contribution in [0, 0.1) is 3.57 Å². The van der Waals surface area contributed by atoms with E-state index in [1.807, 2.05) is 0 Å². The Kier molecular flexibility index (Phi) is 3.56. The minimum Gasteiger partial charge on any atom is -0.207 e. The smallest absolute Gasteiger partial charge is 0.207 e. The van der Waals surface area contributed by atoms with Crippen molar-refractivity contribution in [3.8, 4) is 0 Å². The lowest BCUT2D eigenvalue weighted by molar-refractivity contribution is -0.139. The van der Waals surface area contributed by atoms with Crippen LogP contribution in [0.5, 0.6) is 0 Å². The second-order valence-electron chi connectivity index (χ2n) is 2.58. The Morgan fingerprint density at radius 1 is 1.27 bits per heavy atom. The number of hydrogen-bond acceptors (Lipinski definition) is 2. The molecule has 8 heteroatoms. The van der Waals surface area contributed by atoms with E-state index in [1.165, 1.54) is 6.07 Å². The van der Waals surface area contributed by atoms with Gasteiger partial charge in [0.1, 0.15) is 0 Å². The molecular weight excluding hydrogens is 367 g/mol. The van der Waals surface area contributed by atoms with Crippen molar-refractivity contribution in [3.05, 3.63) is 27.3 Å². The average molecular weight is 371 g/mol. The predicted molar refractivity (Wildman–Crippen MR) is 57.2 cm³/mol. The molecule has 0 aliphatic rings. The van der Waals surface area contributed by atoms with Crippen LogP contribution in [0.3, 0.4) is 0 Å². The molecule has 0 bridgehead atoms.